The lowest BCUT2D eigenvalue weighted by Crippen LogP contribution is -2.51. The summed E-state index contributed by atoms with van der Waals surface area (Å²) in [5, 5.41) is 9.21. The molecule has 0 radical (unpaired) electrons. The molecule has 0 spiro atoms. The summed E-state index contributed by atoms with van der Waals surface area (Å²) in [5.74, 6) is 0.0362. The Labute approximate surface area is 140 Å². The van der Waals surface area contributed by atoms with Gasteiger partial charge in [-0.3, -0.25) is 4.79 Å². The summed E-state index contributed by atoms with van der Waals surface area (Å²) in [4.78, 5) is 23.8. The first kappa shape index (κ1) is 19.7. The van der Waals surface area contributed by atoms with Gasteiger partial charge in [-0.1, -0.05) is 6.92 Å². The molecule has 1 saturated carbocycles. The predicted molar refractivity (Wildman–Crippen MR) is 91.3 cm³/mol. The summed E-state index contributed by atoms with van der Waals surface area (Å²) in [7, 11) is 0. The van der Waals surface area contributed by atoms with Gasteiger partial charge in [-0.15, -0.1) is 0 Å². The normalized spacial score (nSPS) is 23.0. The first-order valence-electron chi connectivity index (χ1n) is 8.74. The molecule has 6 nitrogen and oxygen atoms in total. The standard InChI is InChI=1S/C17H33N3O3/c1-6-10-18-15(21)12(2)19-13-8-7-9-14(11-13)20-16(22)23-17(3,4)5/h12-14,19H,6-11H2,1-5H3,(H,18,21)(H,20,22). The van der Waals surface area contributed by atoms with E-state index in [1.54, 1.807) is 0 Å². The molecule has 1 aliphatic rings. The molecular weight excluding hydrogens is 294 g/mol. The van der Waals surface area contributed by atoms with E-state index in [2.05, 4.69) is 16.0 Å². The zero-order valence-corrected chi connectivity index (χ0v) is 15.2. The van der Waals surface area contributed by atoms with Crippen LogP contribution in [0.5, 0.6) is 0 Å². The molecule has 0 aromatic heterocycles. The molecule has 0 aliphatic heterocycles. The summed E-state index contributed by atoms with van der Waals surface area (Å²) in [6, 6.07) is 0.125. The maximum Gasteiger partial charge on any atom is 0.407 e. The molecule has 2 amide bonds. The molecule has 0 bridgehead atoms. The molecule has 0 heterocycles. The second-order valence-electron chi connectivity index (χ2n) is 7.39. The fraction of sp³-hybridized carbons (Fsp3) is 0.882. The number of alkyl carbamates (subject to hydrolysis) is 1. The molecule has 1 rings (SSSR count). The van der Waals surface area contributed by atoms with Gasteiger partial charge in [-0.25, -0.2) is 4.79 Å². The molecule has 23 heavy (non-hydrogen) atoms. The Morgan fingerprint density at radius 2 is 1.87 bits per heavy atom. The van der Waals surface area contributed by atoms with Gasteiger partial charge in [0.05, 0.1) is 6.04 Å². The minimum absolute atomic E-state index is 0.0362. The Bertz CT molecular complexity index is 393. The van der Waals surface area contributed by atoms with Crippen LogP contribution in [0.15, 0.2) is 0 Å². The number of hydrogen-bond acceptors (Lipinski definition) is 4. The highest BCUT2D eigenvalue weighted by atomic mass is 16.6. The van der Waals surface area contributed by atoms with E-state index in [1.807, 2.05) is 34.6 Å². The van der Waals surface area contributed by atoms with E-state index >= 15 is 0 Å². The predicted octanol–water partition coefficient (Wildman–Crippen LogP) is 2.33. The molecule has 6 heteroatoms. The second-order valence-corrected chi connectivity index (χ2v) is 7.39. The van der Waals surface area contributed by atoms with Crippen molar-refractivity contribution < 1.29 is 14.3 Å². The third kappa shape index (κ3) is 8.21. The zero-order valence-electron chi connectivity index (χ0n) is 15.2. The SMILES string of the molecule is CCCNC(=O)C(C)NC1CCCC(NC(=O)OC(C)(C)C)C1. The highest BCUT2D eigenvalue weighted by molar-refractivity contribution is 5.81. The van der Waals surface area contributed by atoms with Crippen LogP contribution in [0.2, 0.25) is 0 Å². The lowest BCUT2D eigenvalue weighted by molar-refractivity contribution is -0.123. The van der Waals surface area contributed by atoms with Crippen molar-refractivity contribution >= 4 is 12.0 Å². The summed E-state index contributed by atoms with van der Waals surface area (Å²) in [5.41, 5.74) is -0.484. The van der Waals surface area contributed by atoms with Crippen LogP contribution in [0, 0.1) is 0 Å². The van der Waals surface area contributed by atoms with Crippen LogP contribution in [-0.2, 0) is 9.53 Å². The topological polar surface area (TPSA) is 79.5 Å². The van der Waals surface area contributed by atoms with Gasteiger partial charge < -0.3 is 20.7 Å². The second kappa shape index (κ2) is 9.11. The highest BCUT2D eigenvalue weighted by Crippen LogP contribution is 2.19. The van der Waals surface area contributed by atoms with Gasteiger partial charge in [0.2, 0.25) is 5.91 Å². The number of nitrogens with one attached hydrogen (secondary N) is 3. The molecule has 0 saturated heterocycles. The Morgan fingerprint density at radius 3 is 2.48 bits per heavy atom. The first-order valence-corrected chi connectivity index (χ1v) is 8.74. The molecule has 3 atom stereocenters. The summed E-state index contributed by atoms with van der Waals surface area (Å²) in [6.45, 7) is 10.2. The quantitative estimate of drug-likeness (QED) is 0.699. The van der Waals surface area contributed by atoms with Crippen LogP contribution in [0.1, 0.15) is 66.7 Å². The number of carbonyl (C=O) groups excluding carboxylic acids is 2. The average molecular weight is 327 g/mol. The molecular formula is C17H33N3O3. The lowest BCUT2D eigenvalue weighted by atomic mass is 9.90. The maximum atomic E-state index is 11.9. The zero-order chi connectivity index (χ0) is 17.5. The van der Waals surface area contributed by atoms with Crippen LogP contribution < -0.4 is 16.0 Å². The molecule has 3 unspecified atom stereocenters. The van der Waals surface area contributed by atoms with Gasteiger partial charge in [0.15, 0.2) is 0 Å². The van der Waals surface area contributed by atoms with Crippen molar-refractivity contribution in [3.8, 4) is 0 Å². The highest BCUT2D eigenvalue weighted by Gasteiger charge is 2.27. The minimum Gasteiger partial charge on any atom is -0.444 e. The fourth-order valence-electron chi connectivity index (χ4n) is 2.78. The van der Waals surface area contributed by atoms with Gasteiger partial charge in [0, 0.05) is 18.6 Å². The Balaban J connectivity index is 2.39. The minimum atomic E-state index is -0.484. The van der Waals surface area contributed by atoms with Crippen LogP contribution >= 0.6 is 0 Å². The number of rotatable bonds is 6. The summed E-state index contributed by atoms with van der Waals surface area (Å²) in [6.07, 6.45) is 4.40. The number of ether oxygens (including phenoxy) is 1. The first-order chi connectivity index (χ1) is 10.7. The van der Waals surface area contributed by atoms with E-state index < -0.39 is 5.60 Å². The number of carbonyl (C=O) groups is 2. The van der Waals surface area contributed by atoms with Gasteiger partial charge in [0.1, 0.15) is 5.60 Å². The van der Waals surface area contributed by atoms with Crippen molar-refractivity contribution in [3.05, 3.63) is 0 Å². The van der Waals surface area contributed by atoms with Crippen molar-refractivity contribution in [2.75, 3.05) is 6.54 Å². The van der Waals surface area contributed by atoms with Crippen LogP contribution in [-0.4, -0.2) is 42.3 Å². The lowest BCUT2D eigenvalue weighted by Gasteiger charge is -2.32. The Morgan fingerprint density at radius 1 is 1.22 bits per heavy atom. The number of hydrogen-bond donors (Lipinski definition) is 3. The van der Waals surface area contributed by atoms with Crippen molar-refractivity contribution in [2.24, 2.45) is 0 Å². The maximum absolute atomic E-state index is 11.9. The van der Waals surface area contributed by atoms with Crippen molar-refractivity contribution in [2.45, 2.75) is 90.4 Å². The third-order valence-electron chi connectivity index (χ3n) is 3.82. The molecule has 134 valence electrons. The molecule has 0 aromatic rings. The van der Waals surface area contributed by atoms with Gasteiger partial charge in [-0.2, -0.15) is 0 Å². The smallest absolute Gasteiger partial charge is 0.407 e. The van der Waals surface area contributed by atoms with Crippen LogP contribution in [0.25, 0.3) is 0 Å². The van der Waals surface area contributed by atoms with Crippen molar-refractivity contribution in [1.29, 1.82) is 0 Å². The van der Waals surface area contributed by atoms with E-state index in [0.717, 1.165) is 32.1 Å². The largest absolute Gasteiger partial charge is 0.444 e. The Hall–Kier alpha value is -1.30. The van der Waals surface area contributed by atoms with Crippen molar-refractivity contribution in [3.63, 3.8) is 0 Å². The van der Waals surface area contributed by atoms with Crippen LogP contribution in [0.4, 0.5) is 4.79 Å². The molecule has 1 fully saturated rings. The van der Waals surface area contributed by atoms with Crippen molar-refractivity contribution in [1.82, 2.24) is 16.0 Å². The van der Waals surface area contributed by atoms with Crippen LogP contribution in [0.3, 0.4) is 0 Å². The van der Waals surface area contributed by atoms with E-state index in [1.165, 1.54) is 0 Å². The Kier molecular flexibility index (Phi) is 7.82. The monoisotopic (exact) mass is 327 g/mol. The third-order valence-corrected chi connectivity index (χ3v) is 3.82. The van der Waals surface area contributed by atoms with E-state index in [9.17, 15) is 9.59 Å². The van der Waals surface area contributed by atoms with E-state index in [-0.39, 0.29) is 30.1 Å². The van der Waals surface area contributed by atoms with E-state index in [4.69, 9.17) is 4.74 Å². The van der Waals surface area contributed by atoms with Gasteiger partial charge >= 0.3 is 6.09 Å². The van der Waals surface area contributed by atoms with Gasteiger partial charge in [-0.05, 0) is 59.8 Å². The molecule has 1 aliphatic carbocycles. The summed E-state index contributed by atoms with van der Waals surface area (Å²) < 4.78 is 5.30. The summed E-state index contributed by atoms with van der Waals surface area (Å²) >= 11 is 0. The fourth-order valence-corrected chi connectivity index (χ4v) is 2.78. The molecule has 3 N–H and O–H groups in total. The average Bonchev–Trinajstić information content (AvgIpc) is 2.42. The van der Waals surface area contributed by atoms with E-state index in [0.29, 0.717) is 6.54 Å². The number of amides is 2. The van der Waals surface area contributed by atoms with Gasteiger partial charge in [0.25, 0.3) is 0 Å². The molecule has 0 aromatic carbocycles.